The second-order valence-corrected chi connectivity index (χ2v) is 5.60. The number of H-pyrrole nitrogens is 1. The van der Waals surface area contributed by atoms with Crippen LogP contribution in [0.5, 0.6) is 0 Å². The zero-order chi connectivity index (χ0) is 14.0. The largest absolute Gasteiger partial charge is 0.383 e. The molecule has 0 aliphatic rings. The fourth-order valence-electron chi connectivity index (χ4n) is 1.73. The van der Waals surface area contributed by atoms with Crippen LogP contribution in [0.25, 0.3) is 0 Å². The monoisotopic (exact) mass is 284 g/mol. The van der Waals surface area contributed by atoms with E-state index < -0.39 is 15.8 Å². The summed E-state index contributed by atoms with van der Waals surface area (Å²) in [7, 11) is -3.94. The topological polar surface area (TPSA) is 92.1 Å². The van der Waals surface area contributed by atoms with Gasteiger partial charge in [0, 0.05) is 6.54 Å². The van der Waals surface area contributed by atoms with E-state index in [0.29, 0.717) is 0 Å². The van der Waals surface area contributed by atoms with Gasteiger partial charge in [-0.2, -0.15) is 5.10 Å². The Morgan fingerprint density at radius 2 is 2.11 bits per heavy atom. The molecule has 8 heteroatoms. The second kappa shape index (κ2) is 4.88. The van der Waals surface area contributed by atoms with Gasteiger partial charge in [0.2, 0.25) is 0 Å². The number of halogens is 1. The molecular weight excluding hydrogens is 271 g/mol. The molecule has 0 amide bonds. The highest BCUT2D eigenvalue weighted by molar-refractivity contribution is 7.93. The molecule has 0 bridgehead atoms. The molecule has 1 heterocycles. The van der Waals surface area contributed by atoms with Gasteiger partial charge in [0.25, 0.3) is 10.0 Å². The molecule has 2 aromatic rings. The maximum atomic E-state index is 13.7. The van der Waals surface area contributed by atoms with Crippen molar-refractivity contribution >= 4 is 21.5 Å². The van der Waals surface area contributed by atoms with Crippen LogP contribution in [0.15, 0.2) is 35.4 Å². The summed E-state index contributed by atoms with van der Waals surface area (Å²) in [5, 5.41) is 5.92. The lowest BCUT2D eigenvalue weighted by Crippen LogP contribution is -2.31. The van der Waals surface area contributed by atoms with E-state index in [2.05, 4.69) is 10.2 Å². The van der Waals surface area contributed by atoms with Crippen molar-refractivity contribution in [1.29, 1.82) is 0 Å². The van der Waals surface area contributed by atoms with E-state index in [4.69, 9.17) is 5.73 Å². The fraction of sp³-hybridized carbons (Fsp3) is 0.182. The van der Waals surface area contributed by atoms with Crippen molar-refractivity contribution in [2.45, 2.75) is 11.8 Å². The van der Waals surface area contributed by atoms with E-state index in [1.54, 1.807) is 13.0 Å². The molecule has 2 rings (SSSR count). The molecule has 6 nitrogen and oxygen atoms in total. The number of anilines is 2. The molecule has 102 valence electrons. The van der Waals surface area contributed by atoms with Gasteiger partial charge in [-0.1, -0.05) is 12.1 Å². The van der Waals surface area contributed by atoms with Crippen LogP contribution in [0, 0.1) is 5.82 Å². The molecule has 3 N–H and O–H groups in total. The summed E-state index contributed by atoms with van der Waals surface area (Å²) in [6.45, 7) is 1.69. The van der Waals surface area contributed by atoms with Crippen molar-refractivity contribution in [3.63, 3.8) is 0 Å². The Labute approximate surface area is 110 Å². The van der Waals surface area contributed by atoms with Gasteiger partial charge in [-0.15, -0.1) is 0 Å². The van der Waals surface area contributed by atoms with Gasteiger partial charge in [0.1, 0.15) is 16.5 Å². The average Bonchev–Trinajstić information content (AvgIpc) is 2.79. The van der Waals surface area contributed by atoms with Crippen molar-refractivity contribution in [3.8, 4) is 0 Å². The zero-order valence-electron chi connectivity index (χ0n) is 10.2. The number of hydrogen-bond donors (Lipinski definition) is 2. The number of hydrogen-bond acceptors (Lipinski definition) is 4. The molecule has 1 aromatic heterocycles. The summed E-state index contributed by atoms with van der Waals surface area (Å²) in [4.78, 5) is -0.169. The molecule has 1 aromatic carbocycles. The Morgan fingerprint density at radius 3 is 2.63 bits per heavy atom. The van der Waals surface area contributed by atoms with Gasteiger partial charge in [0.15, 0.2) is 0 Å². The quantitative estimate of drug-likeness (QED) is 0.886. The van der Waals surface area contributed by atoms with Crippen molar-refractivity contribution < 1.29 is 12.8 Å². The van der Waals surface area contributed by atoms with Crippen LogP contribution in [0.3, 0.4) is 0 Å². The first-order chi connectivity index (χ1) is 8.98. The lowest BCUT2D eigenvalue weighted by molar-refractivity contribution is 0.587. The van der Waals surface area contributed by atoms with Crippen molar-refractivity contribution in [2.75, 3.05) is 16.6 Å². The van der Waals surface area contributed by atoms with Crippen LogP contribution in [-0.4, -0.2) is 25.2 Å². The number of benzene rings is 1. The molecule has 0 fully saturated rings. The smallest absolute Gasteiger partial charge is 0.269 e. The zero-order valence-corrected chi connectivity index (χ0v) is 11.0. The average molecular weight is 284 g/mol. The van der Waals surface area contributed by atoms with Crippen LogP contribution >= 0.6 is 0 Å². The molecule has 0 atom stereocenters. The minimum absolute atomic E-state index is 0.0226. The maximum absolute atomic E-state index is 13.7. The predicted molar refractivity (Wildman–Crippen MR) is 69.6 cm³/mol. The first-order valence-corrected chi connectivity index (χ1v) is 6.98. The molecule has 0 aliphatic heterocycles. The second-order valence-electron chi connectivity index (χ2n) is 3.77. The highest BCUT2D eigenvalue weighted by atomic mass is 32.2. The van der Waals surface area contributed by atoms with Crippen molar-refractivity contribution in [3.05, 3.63) is 36.3 Å². The number of aromatic amines is 1. The van der Waals surface area contributed by atoms with Crippen molar-refractivity contribution in [1.82, 2.24) is 10.2 Å². The number of nitrogens with two attached hydrogens (primary N) is 1. The van der Waals surface area contributed by atoms with Crippen molar-refractivity contribution in [2.24, 2.45) is 0 Å². The number of nitrogens with one attached hydrogen (secondary N) is 1. The number of nitrogens with zero attached hydrogens (tertiary/aromatic N) is 2. The Balaban J connectivity index is 2.55. The van der Waals surface area contributed by atoms with Gasteiger partial charge in [-0.3, -0.25) is 9.40 Å². The molecule has 0 radical (unpaired) electrons. The summed E-state index contributed by atoms with van der Waals surface area (Å²) in [6, 6.07) is 5.65. The lowest BCUT2D eigenvalue weighted by atomic mass is 10.3. The first-order valence-electron chi connectivity index (χ1n) is 5.54. The van der Waals surface area contributed by atoms with E-state index in [0.717, 1.165) is 10.5 Å². The van der Waals surface area contributed by atoms with Gasteiger partial charge in [-0.05, 0) is 19.1 Å². The molecule has 0 aliphatic carbocycles. The van der Waals surface area contributed by atoms with Crippen LogP contribution in [0.2, 0.25) is 0 Å². The van der Waals surface area contributed by atoms with E-state index in [9.17, 15) is 12.8 Å². The van der Waals surface area contributed by atoms with Crippen LogP contribution in [-0.2, 0) is 10.0 Å². The SMILES string of the molecule is CCN(c1ccccc1F)S(=O)(=O)c1cn[nH]c1N. The third-order valence-corrected chi connectivity index (χ3v) is 4.52. The van der Waals surface area contributed by atoms with E-state index in [-0.39, 0.29) is 22.9 Å². The van der Waals surface area contributed by atoms with Gasteiger partial charge in [0.05, 0.1) is 11.9 Å². The third kappa shape index (κ3) is 2.26. The van der Waals surface area contributed by atoms with Crippen LogP contribution < -0.4 is 10.0 Å². The Kier molecular flexibility index (Phi) is 3.43. The highest BCUT2D eigenvalue weighted by Gasteiger charge is 2.28. The van der Waals surface area contributed by atoms with E-state index in [1.807, 2.05) is 0 Å². The van der Waals surface area contributed by atoms with Gasteiger partial charge >= 0.3 is 0 Å². The number of sulfonamides is 1. The Morgan fingerprint density at radius 1 is 1.42 bits per heavy atom. The summed E-state index contributed by atoms with van der Waals surface area (Å²) >= 11 is 0. The van der Waals surface area contributed by atoms with Crippen LogP contribution in [0.1, 0.15) is 6.92 Å². The fourth-order valence-corrected chi connectivity index (χ4v) is 3.23. The molecule has 19 heavy (non-hydrogen) atoms. The Bertz CT molecular complexity index is 684. The summed E-state index contributed by atoms with van der Waals surface area (Å²) in [6.07, 6.45) is 1.11. The van der Waals surface area contributed by atoms with Gasteiger partial charge < -0.3 is 5.73 Å². The number of para-hydroxylation sites is 1. The summed E-state index contributed by atoms with van der Waals surface area (Å²) < 4.78 is 39.5. The minimum atomic E-state index is -3.94. The number of aromatic nitrogens is 2. The normalized spacial score (nSPS) is 11.5. The Hall–Kier alpha value is -2.09. The molecule has 0 unspecified atom stereocenters. The van der Waals surface area contributed by atoms with E-state index >= 15 is 0 Å². The molecule has 0 saturated heterocycles. The van der Waals surface area contributed by atoms with Crippen LogP contribution in [0.4, 0.5) is 15.9 Å². The summed E-state index contributed by atoms with van der Waals surface area (Å²) in [5.41, 5.74) is 5.50. The predicted octanol–water partition coefficient (Wildman–Crippen LogP) is 1.35. The molecule has 0 saturated carbocycles. The number of nitrogen functional groups attached to an aromatic ring is 1. The first kappa shape index (κ1) is 13.3. The van der Waals surface area contributed by atoms with Gasteiger partial charge in [-0.25, -0.2) is 12.8 Å². The number of rotatable bonds is 4. The molecule has 0 spiro atoms. The molecular formula is C11H13FN4O2S. The third-order valence-electron chi connectivity index (χ3n) is 2.61. The van der Waals surface area contributed by atoms with E-state index in [1.165, 1.54) is 18.2 Å². The standard InChI is InChI=1S/C11H13FN4O2S/c1-2-16(9-6-4-3-5-8(9)12)19(17,18)10-7-14-15-11(10)13/h3-7H,2H2,1H3,(H3,13,14,15). The maximum Gasteiger partial charge on any atom is 0.269 e. The summed E-state index contributed by atoms with van der Waals surface area (Å²) in [5.74, 6) is -0.690. The lowest BCUT2D eigenvalue weighted by Gasteiger charge is -2.22. The highest BCUT2D eigenvalue weighted by Crippen LogP contribution is 2.27. The minimum Gasteiger partial charge on any atom is -0.383 e.